The van der Waals surface area contributed by atoms with E-state index in [2.05, 4.69) is 72.0 Å². The highest BCUT2D eigenvalue weighted by Gasteiger charge is 2.32. The Bertz CT molecular complexity index is 1130. The molecule has 28 heavy (non-hydrogen) atoms. The lowest BCUT2D eigenvalue weighted by Gasteiger charge is -2.35. The van der Waals surface area contributed by atoms with Gasteiger partial charge in [0.2, 0.25) is 0 Å². The first kappa shape index (κ1) is 18.9. The standard InChI is InChI=1S/C25H27NO2/c1-17(2)25(15-27,16-28)26-14-19-13-24-20-8-4-3-7-18(20)11-12-23(24)22-10-6-5-9-21(19)22/h3-13,17,26-28H,14-16H2,1-2H3. The third-order valence-corrected chi connectivity index (χ3v) is 6.15. The zero-order valence-electron chi connectivity index (χ0n) is 16.4. The number of nitrogens with one attached hydrogen (secondary N) is 1. The fraction of sp³-hybridized carbons (Fsp3) is 0.280. The third-order valence-electron chi connectivity index (χ3n) is 6.15. The number of hydrogen-bond acceptors (Lipinski definition) is 3. The normalized spacial score (nSPS) is 12.5. The van der Waals surface area contributed by atoms with Crippen LogP contribution in [-0.4, -0.2) is 29.0 Å². The van der Waals surface area contributed by atoms with Crippen molar-refractivity contribution in [1.29, 1.82) is 0 Å². The Labute approximate surface area is 165 Å². The molecule has 0 fully saturated rings. The lowest BCUT2D eigenvalue weighted by atomic mass is 9.87. The van der Waals surface area contributed by atoms with Crippen molar-refractivity contribution in [3.8, 4) is 0 Å². The van der Waals surface area contributed by atoms with Gasteiger partial charge in [0.15, 0.2) is 0 Å². The molecular weight excluding hydrogens is 346 g/mol. The molecule has 0 heterocycles. The average Bonchev–Trinajstić information content (AvgIpc) is 2.74. The highest BCUT2D eigenvalue weighted by Crippen LogP contribution is 2.33. The number of benzene rings is 4. The molecule has 0 amide bonds. The molecule has 4 rings (SSSR count). The topological polar surface area (TPSA) is 52.5 Å². The summed E-state index contributed by atoms with van der Waals surface area (Å²) < 4.78 is 0. The number of aliphatic hydroxyl groups excluding tert-OH is 2. The first-order chi connectivity index (χ1) is 13.6. The molecule has 0 aromatic heterocycles. The largest absolute Gasteiger partial charge is 0.394 e. The van der Waals surface area contributed by atoms with Crippen molar-refractivity contribution in [1.82, 2.24) is 5.32 Å². The quantitative estimate of drug-likeness (QED) is 0.433. The predicted molar refractivity (Wildman–Crippen MR) is 118 cm³/mol. The van der Waals surface area contributed by atoms with E-state index in [-0.39, 0.29) is 19.1 Å². The van der Waals surface area contributed by atoms with Crippen molar-refractivity contribution in [2.24, 2.45) is 5.92 Å². The second kappa shape index (κ2) is 7.51. The molecule has 0 aliphatic carbocycles. The van der Waals surface area contributed by atoms with Gasteiger partial charge in [0.25, 0.3) is 0 Å². The van der Waals surface area contributed by atoms with Gasteiger partial charge in [-0.15, -0.1) is 0 Å². The maximum absolute atomic E-state index is 9.93. The Kier molecular flexibility index (Phi) is 5.07. The van der Waals surface area contributed by atoms with Crippen molar-refractivity contribution >= 4 is 32.3 Å². The van der Waals surface area contributed by atoms with E-state index in [4.69, 9.17) is 0 Å². The molecule has 0 saturated heterocycles. The van der Waals surface area contributed by atoms with Gasteiger partial charge in [0, 0.05) is 6.54 Å². The van der Waals surface area contributed by atoms with Crippen LogP contribution in [0.25, 0.3) is 32.3 Å². The number of hydrogen-bond donors (Lipinski definition) is 3. The van der Waals surface area contributed by atoms with Crippen LogP contribution in [0.2, 0.25) is 0 Å². The molecule has 3 heteroatoms. The summed E-state index contributed by atoms with van der Waals surface area (Å²) in [4.78, 5) is 0. The van der Waals surface area contributed by atoms with Crippen LogP contribution in [-0.2, 0) is 6.54 Å². The van der Waals surface area contributed by atoms with E-state index >= 15 is 0 Å². The fourth-order valence-electron chi connectivity index (χ4n) is 4.08. The summed E-state index contributed by atoms with van der Waals surface area (Å²) in [6, 6.07) is 23.6. The minimum atomic E-state index is -0.700. The first-order valence-corrected chi connectivity index (χ1v) is 9.88. The van der Waals surface area contributed by atoms with Crippen LogP contribution >= 0.6 is 0 Å². The number of aliphatic hydroxyl groups is 2. The molecule has 0 spiro atoms. The molecule has 4 aromatic rings. The second-order valence-corrected chi connectivity index (χ2v) is 7.94. The molecule has 0 atom stereocenters. The molecular formula is C25H27NO2. The molecule has 144 valence electrons. The Morgan fingerprint density at radius 2 is 1.36 bits per heavy atom. The van der Waals surface area contributed by atoms with Crippen molar-refractivity contribution in [3.05, 3.63) is 72.3 Å². The molecule has 0 bridgehead atoms. The summed E-state index contributed by atoms with van der Waals surface area (Å²) in [6.07, 6.45) is 0. The fourth-order valence-corrected chi connectivity index (χ4v) is 4.08. The van der Waals surface area contributed by atoms with Gasteiger partial charge in [0.05, 0.1) is 18.8 Å². The summed E-state index contributed by atoms with van der Waals surface area (Å²) in [5.74, 6) is 0.107. The van der Waals surface area contributed by atoms with E-state index in [0.29, 0.717) is 6.54 Å². The summed E-state index contributed by atoms with van der Waals surface area (Å²) >= 11 is 0. The van der Waals surface area contributed by atoms with Crippen molar-refractivity contribution < 1.29 is 10.2 Å². The predicted octanol–water partition coefficient (Wildman–Crippen LogP) is 4.62. The monoisotopic (exact) mass is 373 g/mol. The SMILES string of the molecule is CC(C)C(CO)(CO)NCc1cc2c3ccccc3ccc2c2ccccc12. The lowest BCUT2D eigenvalue weighted by Crippen LogP contribution is -2.55. The van der Waals surface area contributed by atoms with E-state index in [9.17, 15) is 10.2 Å². The number of rotatable bonds is 6. The van der Waals surface area contributed by atoms with Crippen LogP contribution in [0.3, 0.4) is 0 Å². The van der Waals surface area contributed by atoms with Crippen LogP contribution < -0.4 is 5.32 Å². The minimum Gasteiger partial charge on any atom is -0.394 e. The summed E-state index contributed by atoms with van der Waals surface area (Å²) in [5, 5.41) is 30.7. The Morgan fingerprint density at radius 3 is 2.04 bits per heavy atom. The molecule has 3 N–H and O–H groups in total. The molecule has 0 aliphatic heterocycles. The van der Waals surface area contributed by atoms with Crippen molar-refractivity contribution in [3.63, 3.8) is 0 Å². The maximum Gasteiger partial charge on any atom is 0.0673 e. The van der Waals surface area contributed by atoms with Crippen LogP contribution in [0.5, 0.6) is 0 Å². The van der Waals surface area contributed by atoms with Gasteiger partial charge in [0.1, 0.15) is 0 Å². The molecule has 0 saturated carbocycles. The van der Waals surface area contributed by atoms with E-state index in [0.717, 1.165) is 0 Å². The van der Waals surface area contributed by atoms with Gasteiger partial charge >= 0.3 is 0 Å². The molecule has 0 aliphatic rings. The smallest absolute Gasteiger partial charge is 0.0673 e. The molecule has 3 nitrogen and oxygen atoms in total. The molecule has 0 unspecified atom stereocenters. The first-order valence-electron chi connectivity index (χ1n) is 9.88. The van der Waals surface area contributed by atoms with Crippen molar-refractivity contribution in [2.45, 2.75) is 25.9 Å². The Hall–Kier alpha value is -2.46. The van der Waals surface area contributed by atoms with Crippen molar-refractivity contribution in [2.75, 3.05) is 13.2 Å². The zero-order chi connectivity index (χ0) is 19.7. The average molecular weight is 373 g/mol. The van der Waals surface area contributed by atoms with Gasteiger partial charge in [-0.3, -0.25) is 0 Å². The Morgan fingerprint density at radius 1 is 0.750 bits per heavy atom. The zero-order valence-corrected chi connectivity index (χ0v) is 16.4. The summed E-state index contributed by atoms with van der Waals surface area (Å²) in [6.45, 7) is 4.42. The van der Waals surface area contributed by atoms with E-state index in [1.54, 1.807) is 0 Å². The van der Waals surface area contributed by atoms with Crippen LogP contribution in [0.4, 0.5) is 0 Å². The second-order valence-electron chi connectivity index (χ2n) is 7.94. The van der Waals surface area contributed by atoms with Gasteiger partial charge < -0.3 is 15.5 Å². The van der Waals surface area contributed by atoms with Crippen LogP contribution in [0, 0.1) is 5.92 Å². The van der Waals surface area contributed by atoms with Gasteiger partial charge in [-0.2, -0.15) is 0 Å². The number of fused-ring (bicyclic) bond motifs is 5. The van der Waals surface area contributed by atoms with E-state index < -0.39 is 5.54 Å². The van der Waals surface area contributed by atoms with Crippen LogP contribution in [0.1, 0.15) is 19.4 Å². The van der Waals surface area contributed by atoms with Gasteiger partial charge in [-0.1, -0.05) is 74.5 Å². The lowest BCUT2D eigenvalue weighted by molar-refractivity contribution is 0.0552. The van der Waals surface area contributed by atoms with Gasteiger partial charge in [-0.05, 0) is 49.9 Å². The van der Waals surface area contributed by atoms with Crippen LogP contribution in [0.15, 0.2) is 66.7 Å². The molecule has 0 radical (unpaired) electrons. The third kappa shape index (κ3) is 3.06. The minimum absolute atomic E-state index is 0.102. The highest BCUT2D eigenvalue weighted by atomic mass is 16.3. The van der Waals surface area contributed by atoms with E-state index in [1.807, 2.05) is 13.8 Å². The van der Waals surface area contributed by atoms with E-state index in [1.165, 1.54) is 37.9 Å². The van der Waals surface area contributed by atoms with Gasteiger partial charge in [-0.25, -0.2) is 0 Å². The molecule has 4 aromatic carbocycles. The Balaban J connectivity index is 1.90. The maximum atomic E-state index is 9.93. The summed E-state index contributed by atoms with van der Waals surface area (Å²) in [7, 11) is 0. The summed E-state index contributed by atoms with van der Waals surface area (Å²) in [5.41, 5.74) is 0.473. The highest BCUT2D eigenvalue weighted by molar-refractivity contribution is 6.18.